The van der Waals surface area contributed by atoms with Crippen LogP contribution in [-0.2, 0) is 6.61 Å². The number of rotatable bonds is 5. The molecule has 0 saturated heterocycles. The van der Waals surface area contributed by atoms with E-state index in [1.54, 1.807) is 12.1 Å². The highest BCUT2D eigenvalue weighted by Crippen LogP contribution is 2.32. The number of halogens is 3. The molecule has 3 rings (SSSR count). The van der Waals surface area contributed by atoms with Gasteiger partial charge >= 0.3 is 5.91 Å². The number of nitrogens with zero attached hydrogens (tertiary/aromatic N) is 2. The third-order valence-electron chi connectivity index (χ3n) is 3.76. The van der Waals surface area contributed by atoms with Crippen LogP contribution >= 0.6 is 22.6 Å². The van der Waals surface area contributed by atoms with Crippen molar-refractivity contribution in [2.75, 3.05) is 0 Å². The summed E-state index contributed by atoms with van der Waals surface area (Å²) in [6.45, 7) is 1.53. The van der Waals surface area contributed by atoms with E-state index < -0.39 is 24.5 Å². The lowest BCUT2D eigenvalue weighted by atomic mass is 10.1. The molecule has 26 heavy (non-hydrogen) atoms. The third-order valence-corrected chi connectivity index (χ3v) is 4.48. The number of aliphatic hydroxyl groups is 1. The molecule has 1 aromatic heterocycles. The molecule has 0 fully saturated rings. The predicted molar refractivity (Wildman–Crippen MR) is 97.0 cm³/mol. The van der Waals surface area contributed by atoms with Crippen LogP contribution in [0.3, 0.4) is 0 Å². The molecular weight excluding hydrogens is 461 g/mol. The van der Waals surface area contributed by atoms with Gasteiger partial charge in [0.1, 0.15) is 18.1 Å². The van der Waals surface area contributed by atoms with Gasteiger partial charge in [0, 0.05) is 15.7 Å². The Labute approximate surface area is 161 Å². The molecule has 0 bridgehead atoms. The summed E-state index contributed by atoms with van der Waals surface area (Å²) in [6.07, 6.45) is -3.58. The van der Waals surface area contributed by atoms with Gasteiger partial charge in [0.2, 0.25) is 5.72 Å². The zero-order valence-electron chi connectivity index (χ0n) is 13.7. The maximum atomic E-state index is 13.2. The molecular formula is C17H15F2IN2O4. The molecule has 0 unspecified atom stereocenters. The van der Waals surface area contributed by atoms with E-state index in [-0.39, 0.29) is 18.1 Å². The van der Waals surface area contributed by atoms with E-state index in [1.807, 2.05) is 12.1 Å². The zero-order valence-corrected chi connectivity index (χ0v) is 15.8. The largest absolute Gasteiger partial charge is 0.486 e. The van der Waals surface area contributed by atoms with Crippen LogP contribution in [0, 0.1) is 3.57 Å². The number of benzene rings is 1. The fraction of sp³-hybridized carbons (Fsp3) is 0.294. The summed E-state index contributed by atoms with van der Waals surface area (Å²) in [5.74, 6) is -0.178. The van der Waals surface area contributed by atoms with Gasteiger partial charge in [0.25, 0.3) is 6.43 Å². The Morgan fingerprint density at radius 3 is 2.73 bits per heavy atom. The maximum Gasteiger partial charge on any atom is 0.312 e. The van der Waals surface area contributed by atoms with Gasteiger partial charge in [0.05, 0.1) is 0 Å². The van der Waals surface area contributed by atoms with Gasteiger partial charge in [-0.15, -0.1) is 0 Å². The van der Waals surface area contributed by atoms with Crippen LogP contribution in [0.5, 0.6) is 5.75 Å². The first-order chi connectivity index (χ1) is 12.3. The van der Waals surface area contributed by atoms with Crippen molar-refractivity contribution in [2.24, 2.45) is 5.10 Å². The normalized spacial score (nSPS) is 19.8. The molecule has 1 aromatic carbocycles. The van der Waals surface area contributed by atoms with Gasteiger partial charge in [-0.05, 0) is 65.9 Å². The van der Waals surface area contributed by atoms with Crippen molar-refractivity contribution in [1.29, 1.82) is 0 Å². The summed E-state index contributed by atoms with van der Waals surface area (Å²) in [4.78, 5) is 12.4. The fourth-order valence-corrected chi connectivity index (χ4v) is 2.85. The Kier molecular flexibility index (Phi) is 5.28. The van der Waals surface area contributed by atoms with Crippen LogP contribution in [0.25, 0.3) is 0 Å². The van der Waals surface area contributed by atoms with Crippen molar-refractivity contribution in [3.63, 3.8) is 0 Å². The van der Waals surface area contributed by atoms with Crippen molar-refractivity contribution >= 4 is 34.2 Å². The van der Waals surface area contributed by atoms with E-state index in [0.29, 0.717) is 16.5 Å². The number of alkyl halides is 2. The first-order valence-corrected chi connectivity index (χ1v) is 8.74. The molecule has 138 valence electrons. The van der Waals surface area contributed by atoms with Crippen LogP contribution in [0.2, 0.25) is 0 Å². The fourth-order valence-electron chi connectivity index (χ4n) is 2.49. The van der Waals surface area contributed by atoms with E-state index in [4.69, 9.17) is 9.15 Å². The predicted octanol–water partition coefficient (Wildman–Crippen LogP) is 3.64. The van der Waals surface area contributed by atoms with E-state index >= 15 is 0 Å². The van der Waals surface area contributed by atoms with Gasteiger partial charge < -0.3 is 14.3 Å². The number of amides is 1. The Hall–Kier alpha value is -2.01. The summed E-state index contributed by atoms with van der Waals surface area (Å²) in [5.41, 5.74) is -2.43. The van der Waals surface area contributed by atoms with Crippen LogP contribution < -0.4 is 4.74 Å². The molecule has 9 heteroatoms. The summed E-state index contributed by atoms with van der Waals surface area (Å²) < 4.78 is 38.4. The highest BCUT2D eigenvalue weighted by Gasteiger charge is 2.51. The SMILES string of the molecule is CC1=NN(C(=O)c2ccc(COc3ccc(I)cc3)o2)[C@@](O)(C(F)F)C1. The van der Waals surface area contributed by atoms with Crippen LogP contribution in [-0.4, -0.2) is 33.9 Å². The Morgan fingerprint density at radius 1 is 1.38 bits per heavy atom. The molecule has 1 atom stereocenters. The highest BCUT2D eigenvalue weighted by molar-refractivity contribution is 14.1. The lowest BCUT2D eigenvalue weighted by Crippen LogP contribution is -2.51. The quantitative estimate of drug-likeness (QED) is 0.669. The standard InChI is InChI=1S/C17H15F2IN2O4/c1-10-8-17(24,16(18)19)22(21-10)15(23)14-7-6-13(26-14)9-25-12-4-2-11(20)3-5-12/h2-7,16,24H,8-9H2,1H3/t17-/m0/s1. The first kappa shape index (κ1) is 18.8. The van der Waals surface area contributed by atoms with E-state index in [0.717, 1.165) is 3.57 Å². The first-order valence-electron chi connectivity index (χ1n) is 7.66. The molecule has 0 aliphatic carbocycles. The molecule has 0 saturated carbocycles. The van der Waals surface area contributed by atoms with Crippen molar-refractivity contribution < 1.29 is 27.8 Å². The van der Waals surface area contributed by atoms with Gasteiger partial charge in [0.15, 0.2) is 5.76 Å². The minimum absolute atomic E-state index is 0.0648. The second-order valence-electron chi connectivity index (χ2n) is 5.82. The number of carbonyl (C=O) groups is 1. The molecule has 6 nitrogen and oxygen atoms in total. The summed E-state index contributed by atoms with van der Waals surface area (Å²) in [5, 5.41) is 14.2. The number of hydrazone groups is 1. The average Bonchev–Trinajstić information content (AvgIpc) is 3.19. The molecule has 1 amide bonds. The summed E-state index contributed by atoms with van der Waals surface area (Å²) >= 11 is 2.17. The Balaban J connectivity index is 1.70. The van der Waals surface area contributed by atoms with Crippen LogP contribution in [0.4, 0.5) is 8.78 Å². The van der Waals surface area contributed by atoms with E-state index in [2.05, 4.69) is 27.7 Å². The van der Waals surface area contributed by atoms with Crippen molar-refractivity contribution in [1.82, 2.24) is 5.01 Å². The second kappa shape index (κ2) is 7.31. The number of carbonyl (C=O) groups excluding carboxylic acids is 1. The Bertz CT molecular complexity index is 838. The third kappa shape index (κ3) is 3.73. The molecule has 1 aliphatic rings. The minimum Gasteiger partial charge on any atom is -0.486 e. The molecule has 2 heterocycles. The lowest BCUT2D eigenvalue weighted by Gasteiger charge is -2.29. The number of hydrogen-bond donors (Lipinski definition) is 1. The summed E-state index contributed by atoms with van der Waals surface area (Å²) in [7, 11) is 0. The number of furan rings is 1. The smallest absolute Gasteiger partial charge is 0.312 e. The van der Waals surface area contributed by atoms with Crippen LogP contribution in [0.1, 0.15) is 29.7 Å². The minimum atomic E-state index is -3.16. The lowest BCUT2D eigenvalue weighted by molar-refractivity contribution is -0.164. The molecule has 2 aromatic rings. The maximum absolute atomic E-state index is 13.2. The van der Waals surface area contributed by atoms with E-state index in [9.17, 15) is 18.7 Å². The number of hydrogen-bond acceptors (Lipinski definition) is 5. The highest BCUT2D eigenvalue weighted by atomic mass is 127. The van der Waals surface area contributed by atoms with Gasteiger partial charge in [-0.25, -0.2) is 8.78 Å². The van der Waals surface area contributed by atoms with Crippen molar-refractivity contribution in [3.05, 3.63) is 51.5 Å². The number of ether oxygens (including phenoxy) is 1. The van der Waals surface area contributed by atoms with Gasteiger partial charge in [-0.1, -0.05) is 0 Å². The average molecular weight is 476 g/mol. The topological polar surface area (TPSA) is 75.3 Å². The second-order valence-corrected chi connectivity index (χ2v) is 7.06. The molecule has 0 spiro atoms. The Morgan fingerprint density at radius 2 is 2.08 bits per heavy atom. The van der Waals surface area contributed by atoms with Crippen molar-refractivity contribution in [3.8, 4) is 5.75 Å². The monoisotopic (exact) mass is 476 g/mol. The zero-order chi connectivity index (χ0) is 18.9. The molecule has 1 N–H and O–H groups in total. The summed E-state index contributed by atoms with van der Waals surface area (Å²) in [6, 6.07) is 10.2. The van der Waals surface area contributed by atoms with Gasteiger partial charge in [-0.2, -0.15) is 10.1 Å². The molecule has 0 radical (unpaired) electrons. The van der Waals surface area contributed by atoms with Crippen LogP contribution in [0.15, 0.2) is 45.9 Å². The van der Waals surface area contributed by atoms with E-state index in [1.165, 1.54) is 19.1 Å². The van der Waals surface area contributed by atoms with Gasteiger partial charge in [-0.3, -0.25) is 4.79 Å². The van der Waals surface area contributed by atoms with Crippen molar-refractivity contribution in [2.45, 2.75) is 32.1 Å². The molecule has 1 aliphatic heterocycles.